The molecule has 1 aliphatic heterocycles. The Morgan fingerprint density at radius 2 is 2.00 bits per heavy atom. The molecular formula is C13H15F4NO2. The van der Waals surface area contributed by atoms with E-state index in [0.717, 1.165) is 6.07 Å². The molecule has 2 unspecified atom stereocenters. The van der Waals surface area contributed by atoms with Crippen LogP contribution in [0.1, 0.15) is 18.9 Å². The third kappa shape index (κ3) is 2.14. The lowest BCUT2D eigenvalue weighted by atomic mass is 9.75. The lowest BCUT2D eigenvalue weighted by Crippen LogP contribution is -2.67. The van der Waals surface area contributed by atoms with Gasteiger partial charge < -0.3 is 15.2 Å². The molecule has 112 valence electrons. The first kappa shape index (κ1) is 15.1. The van der Waals surface area contributed by atoms with Gasteiger partial charge in [0.2, 0.25) is 0 Å². The zero-order chi connectivity index (χ0) is 15.2. The normalized spacial score (nSPS) is 29.9. The Labute approximate surface area is 113 Å². The molecule has 1 aliphatic rings. The molecule has 0 spiro atoms. The molecule has 1 saturated heterocycles. The molecule has 0 saturated carbocycles. The van der Waals surface area contributed by atoms with Crippen molar-refractivity contribution in [2.45, 2.75) is 30.7 Å². The lowest BCUT2D eigenvalue weighted by molar-refractivity contribution is -0.381. The Morgan fingerprint density at radius 3 is 2.45 bits per heavy atom. The van der Waals surface area contributed by atoms with E-state index in [1.165, 1.54) is 26.2 Å². The van der Waals surface area contributed by atoms with Crippen molar-refractivity contribution in [3.8, 4) is 5.75 Å². The maximum Gasteiger partial charge on any atom is 0.418 e. The summed E-state index contributed by atoms with van der Waals surface area (Å²) in [6.45, 7) is 0.785. The molecule has 7 heteroatoms. The van der Waals surface area contributed by atoms with Crippen molar-refractivity contribution in [2.24, 2.45) is 5.73 Å². The number of ether oxygens (including phenoxy) is 2. The maximum atomic E-state index is 13.3. The van der Waals surface area contributed by atoms with E-state index >= 15 is 0 Å². The fourth-order valence-electron chi connectivity index (χ4n) is 2.60. The van der Waals surface area contributed by atoms with E-state index in [0.29, 0.717) is 0 Å². The standard InChI is InChI=1S/C13H15F4NO2/c1-11(6-12(7-18,20-11)13(15,16)17)9-5-8(14)3-4-10(9)19-2/h3-5H,6-7,18H2,1-2H3. The maximum absolute atomic E-state index is 13.3. The third-order valence-electron chi connectivity index (χ3n) is 3.62. The van der Waals surface area contributed by atoms with Crippen molar-refractivity contribution in [2.75, 3.05) is 13.7 Å². The van der Waals surface area contributed by atoms with Crippen molar-refractivity contribution in [1.82, 2.24) is 0 Å². The summed E-state index contributed by atoms with van der Waals surface area (Å²) in [5.41, 5.74) is 1.80. The highest BCUT2D eigenvalue weighted by atomic mass is 19.4. The van der Waals surface area contributed by atoms with E-state index in [2.05, 4.69) is 0 Å². The van der Waals surface area contributed by atoms with Crippen LogP contribution in [0, 0.1) is 5.82 Å². The summed E-state index contributed by atoms with van der Waals surface area (Å²) in [7, 11) is 1.36. The fourth-order valence-corrected chi connectivity index (χ4v) is 2.60. The van der Waals surface area contributed by atoms with Crippen LogP contribution in [0.3, 0.4) is 0 Å². The average Bonchev–Trinajstić information content (AvgIpc) is 2.33. The van der Waals surface area contributed by atoms with Crippen LogP contribution in [0.5, 0.6) is 5.75 Å². The van der Waals surface area contributed by atoms with Crippen LogP contribution in [0.2, 0.25) is 0 Å². The summed E-state index contributed by atoms with van der Waals surface area (Å²) < 4.78 is 62.4. The predicted octanol–water partition coefficient (Wildman–Crippen LogP) is 2.73. The van der Waals surface area contributed by atoms with Crippen molar-refractivity contribution in [3.05, 3.63) is 29.6 Å². The van der Waals surface area contributed by atoms with Crippen molar-refractivity contribution in [1.29, 1.82) is 0 Å². The molecule has 0 amide bonds. The van der Waals surface area contributed by atoms with Crippen LogP contribution in [0.4, 0.5) is 17.6 Å². The molecule has 1 fully saturated rings. The van der Waals surface area contributed by atoms with E-state index < -0.39 is 29.7 Å². The second-order valence-electron chi connectivity index (χ2n) is 5.05. The monoisotopic (exact) mass is 293 g/mol. The molecule has 20 heavy (non-hydrogen) atoms. The molecule has 0 radical (unpaired) electrons. The van der Waals surface area contributed by atoms with Crippen LogP contribution in [-0.2, 0) is 10.3 Å². The summed E-state index contributed by atoms with van der Waals surface area (Å²) in [6.07, 6.45) is -4.94. The number of benzene rings is 1. The number of methoxy groups -OCH3 is 1. The molecule has 0 aromatic heterocycles. The molecular weight excluding hydrogens is 278 g/mol. The molecule has 0 bridgehead atoms. The van der Waals surface area contributed by atoms with Crippen LogP contribution in [-0.4, -0.2) is 25.4 Å². The Balaban J connectivity index is 2.35. The van der Waals surface area contributed by atoms with Crippen LogP contribution >= 0.6 is 0 Å². The van der Waals surface area contributed by atoms with E-state index in [9.17, 15) is 17.6 Å². The highest BCUT2D eigenvalue weighted by molar-refractivity contribution is 5.40. The minimum absolute atomic E-state index is 0.244. The number of alkyl halides is 3. The van der Waals surface area contributed by atoms with Gasteiger partial charge in [0.25, 0.3) is 0 Å². The second kappa shape index (κ2) is 4.60. The van der Waals surface area contributed by atoms with Gasteiger partial charge >= 0.3 is 6.18 Å². The minimum atomic E-state index is -4.57. The highest BCUT2D eigenvalue weighted by Crippen LogP contribution is 2.56. The van der Waals surface area contributed by atoms with E-state index in [4.69, 9.17) is 15.2 Å². The minimum Gasteiger partial charge on any atom is -0.496 e. The van der Waals surface area contributed by atoms with Gasteiger partial charge in [0.1, 0.15) is 11.6 Å². The van der Waals surface area contributed by atoms with Gasteiger partial charge in [-0.15, -0.1) is 0 Å². The molecule has 1 heterocycles. The molecule has 2 rings (SSSR count). The molecule has 1 aromatic rings. The third-order valence-corrected chi connectivity index (χ3v) is 3.62. The van der Waals surface area contributed by atoms with Gasteiger partial charge in [-0.2, -0.15) is 13.2 Å². The van der Waals surface area contributed by atoms with Crippen LogP contribution in [0.25, 0.3) is 0 Å². The molecule has 2 N–H and O–H groups in total. The van der Waals surface area contributed by atoms with Crippen molar-refractivity contribution < 1.29 is 27.0 Å². The molecule has 3 nitrogen and oxygen atoms in total. The zero-order valence-corrected chi connectivity index (χ0v) is 11.1. The predicted molar refractivity (Wildman–Crippen MR) is 63.8 cm³/mol. The number of hydrogen-bond donors (Lipinski definition) is 1. The molecule has 0 aliphatic carbocycles. The van der Waals surface area contributed by atoms with Gasteiger partial charge in [-0.25, -0.2) is 4.39 Å². The Kier molecular flexibility index (Phi) is 3.46. The van der Waals surface area contributed by atoms with Crippen molar-refractivity contribution >= 4 is 0 Å². The summed E-state index contributed by atoms with van der Waals surface area (Å²) in [5.74, 6) is -0.287. The highest BCUT2D eigenvalue weighted by Gasteiger charge is 2.68. The smallest absolute Gasteiger partial charge is 0.418 e. The zero-order valence-electron chi connectivity index (χ0n) is 11.1. The first-order chi connectivity index (χ1) is 9.17. The Hall–Kier alpha value is -1.34. The lowest BCUT2D eigenvalue weighted by Gasteiger charge is -2.54. The SMILES string of the molecule is COc1ccc(F)cc1C1(C)CC(CN)(C(F)(F)F)O1. The number of rotatable bonds is 3. The van der Waals surface area contributed by atoms with Crippen LogP contribution < -0.4 is 10.5 Å². The quantitative estimate of drug-likeness (QED) is 0.872. The summed E-state index contributed by atoms with van der Waals surface area (Å²) >= 11 is 0. The molecule has 1 aromatic carbocycles. The van der Waals surface area contributed by atoms with Crippen LogP contribution in [0.15, 0.2) is 18.2 Å². The first-order valence-corrected chi connectivity index (χ1v) is 5.98. The van der Waals surface area contributed by atoms with Crippen molar-refractivity contribution in [3.63, 3.8) is 0 Å². The van der Waals surface area contributed by atoms with E-state index in [1.807, 2.05) is 0 Å². The average molecular weight is 293 g/mol. The summed E-state index contributed by atoms with van der Waals surface area (Å²) in [6, 6.07) is 3.65. The first-order valence-electron chi connectivity index (χ1n) is 5.98. The van der Waals surface area contributed by atoms with Gasteiger partial charge in [-0.05, 0) is 25.1 Å². The van der Waals surface area contributed by atoms with Gasteiger partial charge in [0.05, 0.1) is 12.7 Å². The largest absolute Gasteiger partial charge is 0.496 e. The number of halogens is 4. The molecule has 2 atom stereocenters. The number of hydrogen-bond acceptors (Lipinski definition) is 3. The van der Waals surface area contributed by atoms with Gasteiger partial charge in [0, 0.05) is 18.5 Å². The Bertz CT molecular complexity index is 510. The number of nitrogens with two attached hydrogens (primary N) is 1. The second-order valence-corrected chi connectivity index (χ2v) is 5.05. The summed E-state index contributed by atoms with van der Waals surface area (Å²) in [5, 5.41) is 0. The van der Waals surface area contributed by atoms with Gasteiger partial charge in [0.15, 0.2) is 5.60 Å². The van der Waals surface area contributed by atoms with E-state index in [-0.39, 0.29) is 17.7 Å². The van der Waals surface area contributed by atoms with Gasteiger partial charge in [-0.3, -0.25) is 0 Å². The summed E-state index contributed by atoms with van der Waals surface area (Å²) in [4.78, 5) is 0. The van der Waals surface area contributed by atoms with Gasteiger partial charge in [-0.1, -0.05) is 0 Å². The Morgan fingerprint density at radius 1 is 1.40 bits per heavy atom. The van der Waals surface area contributed by atoms with E-state index in [1.54, 1.807) is 0 Å². The fraction of sp³-hybridized carbons (Fsp3) is 0.538. The topological polar surface area (TPSA) is 44.5 Å².